The van der Waals surface area contributed by atoms with Gasteiger partial charge in [0.2, 0.25) is 0 Å². The summed E-state index contributed by atoms with van der Waals surface area (Å²) in [7, 11) is 1.65. The topological polar surface area (TPSA) is 60.4 Å². The van der Waals surface area contributed by atoms with E-state index in [2.05, 4.69) is 4.57 Å². The van der Waals surface area contributed by atoms with Crippen LogP contribution in [0.2, 0.25) is 0 Å². The summed E-state index contributed by atoms with van der Waals surface area (Å²) in [6.07, 6.45) is 1.04. The molecule has 0 spiro atoms. The lowest BCUT2D eigenvalue weighted by molar-refractivity contribution is -0.701. The van der Waals surface area contributed by atoms with Crippen LogP contribution in [0.25, 0.3) is 5.69 Å². The van der Waals surface area contributed by atoms with Crippen molar-refractivity contribution in [3.05, 3.63) is 102 Å². The van der Waals surface area contributed by atoms with E-state index < -0.39 is 6.10 Å². The lowest BCUT2D eigenvalue weighted by Crippen LogP contribution is -2.38. The summed E-state index contributed by atoms with van der Waals surface area (Å²) in [5.74, 6) is 3.16. The first kappa shape index (κ1) is 20.3. The molecule has 6 heteroatoms. The zero-order valence-corrected chi connectivity index (χ0v) is 18.0. The second-order valence-electron chi connectivity index (χ2n) is 7.85. The van der Waals surface area contributed by atoms with Gasteiger partial charge in [-0.3, -0.25) is 0 Å². The van der Waals surface area contributed by atoms with E-state index in [1.807, 2.05) is 83.5 Å². The molecule has 1 aliphatic rings. The maximum Gasteiger partial charge on any atom is 0.278 e. The lowest BCUT2D eigenvalue weighted by Gasteiger charge is -2.16. The molecule has 5 rings (SSSR count). The highest BCUT2D eigenvalue weighted by Gasteiger charge is 2.36. The van der Waals surface area contributed by atoms with E-state index >= 15 is 0 Å². The Labute approximate surface area is 187 Å². The number of aromatic nitrogens is 3. The van der Waals surface area contributed by atoms with Gasteiger partial charge in [-0.15, -0.1) is 0 Å². The fraction of sp³-hybridized carbons (Fsp3) is 0.231. The lowest BCUT2D eigenvalue weighted by atomic mass is 10.1. The van der Waals surface area contributed by atoms with Crippen LogP contribution < -0.4 is 14.0 Å². The van der Waals surface area contributed by atoms with E-state index in [-0.39, 0.29) is 0 Å². The SMILES string of the molecule is COc1ccc(-n2nc3[n+](c2C(O)c2ccccc2OCc2ccccc2)CCC3)cc1. The molecule has 32 heavy (non-hydrogen) atoms. The maximum absolute atomic E-state index is 11.6. The minimum absolute atomic E-state index is 0.438. The van der Waals surface area contributed by atoms with Crippen LogP contribution in [-0.2, 0) is 19.6 Å². The monoisotopic (exact) mass is 428 g/mol. The summed E-state index contributed by atoms with van der Waals surface area (Å²) >= 11 is 0. The number of rotatable bonds is 7. The molecule has 0 saturated carbocycles. The average Bonchev–Trinajstić information content (AvgIpc) is 3.45. The number of aryl methyl sites for hydroxylation is 1. The van der Waals surface area contributed by atoms with Crippen LogP contribution in [0.5, 0.6) is 11.5 Å². The number of aliphatic hydroxyl groups is 1. The summed E-state index contributed by atoms with van der Waals surface area (Å²) in [6, 6.07) is 25.4. The van der Waals surface area contributed by atoms with Crippen molar-refractivity contribution < 1.29 is 19.1 Å². The molecule has 4 aromatic rings. The molecule has 0 fully saturated rings. The summed E-state index contributed by atoms with van der Waals surface area (Å²) in [6.45, 7) is 1.28. The van der Waals surface area contributed by atoms with Crippen molar-refractivity contribution in [2.24, 2.45) is 0 Å². The predicted octanol–water partition coefficient (Wildman–Crippen LogP) is 3.78. The van der Waals surface area contributed by atoms with Crippen molar-refractivity contribution in [2.45, 2.75) is 32.1 Å². The van der Waals surface area contributed by atoms with E-state index in [1.165, 1.54) is 0 Å². The Morgan fingerprint density at radius 3 is 2.53 bits per heavy atom. The molecule has 1 N–H and O–H groups in total. The standard InChI is InChI=1S/C26H26N3O3/c1-31-21-15-13-20(14-16-21)29-26(28-17-7-12-24(28)27-29)25(30)22-10-5-6-11-23(22)32-18-19-8-3-2-4-9-19/h2-6,8-11,13-16,25,30H,7,12,17-18H2,1H3/q+1. The summed E-state index contributed by atoms with van der Waals surface area (Å²) in [5.41, 5.74) is 2.68. The smallest absolute Gasteiger partial charge is 0.278 e. The van der Waals surface area contributed by atoms with Crippen LogP contribution in [-0.4, -0.2) is 22.0 Å². The quantitative estimate of drug-likeness (QED) is 0.455. The van der Waals surface area contributed by atoms with Crippen molar-refractivity contribution >= 4 is 0 Å². The Hall–Kier alpha value is -3.64. The van der Waals surface area contributed by atoms with E-state index in [1.54, 1.807) is 7.11 Å². The van der Waals surface area contributed by atoms with Gasteiger partial charge in [-0.1, -0.05) is 53.2 Å². The molecular formula is C26H26N3O3+. The van der Waals surface area contributed by atoms with Crippen LogP contribution in [0.15, 0.2) is 78.9 Å². The highest BCUT2D eigenvalue weighted by atomic mass is 16.5. The summed E-state index contributed by atoms with van der Waals surface area (Å²) < 4.78 is 15.4. The Morgan fingerprint density at radius 2 is 1.75 bits per heavy atom. The second kappa shape index (κ2) is 8.85. The van der Waals surface area contributed by atoms with Gasteiger partial charge in [-0.25, -0.2) is 4.57 Å². The first-order valence-electron chi connectivity index (χ1n) is 10.8. The third-order valence-electron chi connectivity index (χ3n) is 5.81. The Bertz CT molecular complexity index is 1200. The van der Waals surface area contributed by atoms with E-state index in [4.69, 9.17) is 14.6 Å². The molecule has 2 heterocycles. The van der Waals surface area contributed by atoms with Gasteiger partial charge in [0.25, 0.3) is 11.6 Å². The normalized spacial score (nSPS) is 13.6. The number of benzene rings is 3. The van der Waals surface area contributed by atoms with Gasteiger partial charge < -0.3 is 14.6 Å². The van der Waals surface area contributed by atoms with Gasteiger partial charge in [-0.05, 0) is 42.3 Å². The molecule has 3 aromatic carbocycles. The molecule has 1 aliphatic heterocycles. The third-order valence-corrected chi connectivity index (χ3v) is 5.81. The van der Waals surface area contributed by atoms with Gasteiger partial charge in [0.1, 0.15) is 23.8 Å². The molecule has 6 nitrogen and oxygen atoms in total. The van der Waals surface area contributed by atoms with Crippen LogP contribution in [0.1, 0.15) is 35.3 Å². The highest BCUT2D eigenvalue weighted by molar-refractivity contribution is 5.41. The number of hydrogen-bond acceptors (Lipinski definition) is 4. The van der Waals surface area contributed by atoms with E-state index in [9.17, 15) is 5.11 Å². The van der Waals surface area contributed by atoms with Crippen molar-refractivity contribution in [2.75, 3.05) is 7.11 Å². The fourth-order valence-electron chi connectivity index (χ4n) is 4.18. The highest BCUT2D eigenvalue weighted by Crippen LogP contribution is 2.31. The number of hydrogen-bond donors (Lipinski definition) is 1. The van der Waals surface area contributed by atoms with Gasteiger partial charge >= 0.3 is 0 Å². The third kappa shape index (κ3) is 3.85. The van der Waals surface area contributed by atoms with Crippen molar-refractivity contribution in [1.29, 1.82) is 0 Å². The average molecular weight is 429 g/mol. The van der Waals surface area contributed by atoms with E-state index in [0.29, 0.717) is 12.4 Å². The van der Waals surface area contributed by atoms with Crippen LogP contribution >= 0.6 is 0 Å². The summed E-state index contributed by atoms with van der Waals surface area (Å²) in [5, 5.41) is 16.4. The van der Waals surface area contributed by atoms with Crippen LogP contribution in [0.3, 0.4) is 0 Å². The number of methoxy groups -OCH3 is 1. The number of aliphatic hydroxyl groups excluding tert-OH is 1. The van der Waals surface area contributed by atoms with Gasteiger partial charge in [0.05, 0.1) is 13.7 Å². The van der Waals surface area contributed by atoms with Crippen LogP contribution in [0.4, 0.5) is 0 Å². The second-order valence-corrected chi connectivity index (χ2v) is 7.85. The molecule has 0 bridgehead atoms. The summed E-state index contributed by atoms with van der Waals surface area (Å²) in [4.78, 5) is 0. The minimum Gasteiger partial charge on any atom is -0.497 e. The molecule has 0 radical (unpaired) electrons. The van der Waals surface area contributed by atoms with Gasteiger partial charge in [-0.2, -0.15) is 0 Å². The Kier molecular flexibility index (Phi) is 5.60. The Balaban J connectivity index is 1.51. The van der Waals surface area contributed by atoms with Gasteiger partial charge in [0, 0.05) is 17.1 Å². The van der Waals surface area contributed by atoms with Gasteiger partial charge in [0.15, 0.2) is 6.10 Å². The molecule has 1 aromatic heterocycles. The predicted molar refractivity (Wildman–Crippen MR) is 120 cm³/mol. The first-order valence-corrected chi connectivity index (χ1v) is 10.8. The molecule has 1 atom stereocenters. The fourth-order valence-corrected chi connectivity index (χ4v) is 4.18. The number of fused-ring (bicyclic) bond motifs is 1. The molecule has 162 valence electrons. The zero-order chi connectivity index (χ0) is 21.9. The zero-order valence-electron chi connectivity index (χ0n) is 18.0. The molecule has 0 amide bonds. The Morgan fingerprint density at radius 1 is 1.00 bits per heavy atom. The largest absolute Gasteiger partial charge is 0.497 e. The molecular weight excluding hydrogens is 402 g/mol. The van der Waals surface area contributed by atoms with Crippen molar-refractivity contribution in [3.63, 3.8) is 0 Å². The number of nitrogens with zero attached hydrogens (tertiary/aromatic N) is 3. The minimum atomic E-state index is -0.886. The number of para-hydroxylation sites is 1. The number of ether oxygens (including phenoxy) is 2. The molecule has 1 unspecified atom stereocenters. The molecule has 0 aliphatic carbocycles. The van der Waals surface area contributed by atoms with Crippen molar-refractivity contribution in [3.8, 4) is 17.2 Å². The van der Waals surface area contributed by atoms with E-state index in [0.717, 1.165) is 53.6 Å². The molecule has 0 saturated heterocycles. The first-order chi connectivity index (χ1) is 15.7. The van der Waals surface area contributed by atoms with Crippen LogP contribution in [0, 0.1) is 0 Å². The maximum atomic E-state index is 11.6. The van der Waals surface area contributed by atoms with Crippen molar-refractivity contribution in [1.82, 2.24) is 9.78 Å².